The van der Waals surface area contributed by atoms with E-state index in [4.69, 9.17) is 0 Å². The van der Waals surface area contributed by atoms with Gasteiger partial charge in [-0.2, -0.15) is 5.10 Å². The van der Waals surface area contributed by atoms with E-state index in [-0.39, 0.29) is 5.82 Å². The molecule has 0 amide bonds. The zero-order chi connectivity index (χ0) is 17.2. The first-order valence-corrected chi connectivity index (χ1v) is 8.47. The van der Waals surface area contributed by atoms with E-state index in [1.165, 1.54) is 17.7 Å². The van der Waals surface area contributed by atoms with E-state index in [1.807, 2.05) is 31.6 Å². The lowest BCUT2D eigenvalue weighted by Gasteiger charge is -2.19. The van der Waals surface area contributed by atoms with Gasteiger partial charge in [0, 0.05) is 56.1 Å². The highest BCUT2D eigenvalue weighted by Crippen LogP contribution is 2.25. The molecule has 3 aromatic rings. The summed E-state index contributed by atoms with van der Waals surface area (Å²) < 4.78 is 14.9. The van der Waals surface area contributed by atoms with Gasteiger partial charge in [-0.3, -0.25) is 9.58 Å². The maximum absolute atomic E-state index is 13.1. The summed E-state index contributed by atoms with van der Waals surface area (Å²) in [4.78, 5) is 11.4. The van der Waals surface area contributed by atoms with Crippen molar-refractivity contribution < 1.29 is 4.39 Å². The van der Waals surface area contributed by atoms with Crippen LogP contribution < -0.4 is 0 Å². The lowest BCUT2D eigenvalue weighted by Crippen LogP contribution is -2.25. The topological polar surface area (TPSA) is 46.8 Å². The number of hydrogen-bond acceptors (Lipinski definition) is 4. The minimum Gasteiger partial charge on any atom is -0.298 e. The summed E-state index contributed by atoms with van der Waals surface area (Å²) in [5.41, 5.74) is 5.49. The highest BCUT2D eigenvalue weighted by atomic mass is 19.1. The zero-order valence-electron chi connectivity index (χ0n) is 14.2. The fraction of sp³-hybridized carbons (Fsp3) is 0.316. The number of rotatable bonds is 3. The van der Waals surface area contributed by atoms with Crippen LogP contribution in [-0.4, -0.2) is 37.7 Å². The predicted octanol–water partition coefficient (Wildman–Crippen LogP) is 2.62. The lowest BCUT2D eigenvalue weighted by molar-refractivity contribution is 0.279. The number of benzene rings is 1. The molecule has 0 bridgehead atoms. The Kier molecular flexibility index (Phi) is 4.28. The zero-order valence-corrected chi connectivity index (χ0v) is 14.2. The molecule has 0 unspecified atom stereocenters. The highest BCUT2D eigenvalue weighted by Gasteiger charge is 2.20. The van der Waals surface area contributed by atoms with Crippen LogP contribution in [0.4, 0.5) is 4.39 Å². The Morgan fingerprint density at radius 1 is 1.08 bits per heavy atom. The molecule has 0 spiro atoms. The molecule has 25 heavy (non-hydrogen) atoms. The van der Waals surface area contributed by atoms with Crippen molar-refractivity contribution in [3.05, 3.63) is 65.6 Å². The first-order valence-electron chi connectivity index (χ1n) is 8.47. The molecule has 1 aromatic carbocycles. The van der Waals surface area contributed by atoms with Gasteiger partial charge in [-0.05, 0) is 24.1 Å². The molecule has 0 N–H and O–H groups in total. The maximum atomic E-state index is 13.1. The average Bonchev–Trinajstić information content (AvgIpc) is 2.94. The van der Waals surface area contributed by atoms with Gasteiger partial charge < -0.3 is 0 Å². The summed E-state index contributed by atoms with van der Waals surface area (Å²) in [6.07, 6.45) is 7.29. The first-order chi connectivity index (χ1) is 12.2. The van der Waals surface area contributed by atoms with Crippen LogP contribution in [-0.2, 0) is 26.4 Å². The van der Waals surface area contributed by atoms with Crippen LogP contribution in [0.5, 0.6) is 0 Å². The van der Waals surface area contributed by atoms with Gasteiger partial charge in [-0.1, -0.05) is 12.1 Å². The van der Waals surface area contributed by atoms with Crippen LogP contribution in [0.2, 0.25) is 0 Å². The van der Waals surface area contributed by atoms with Gasteiger partial charge in [0.2, 0.25) is 0 Å². The third kappa shape index (κ3) is 3.44. The molecule has 128 valence electrons. The average molecular weight is 337 g/mol. The van der Waals surface area contributed by atoms with E-state index in [1.54, 1.807) is 11.0 Å². The summed E-state index contributed by atoms with van der Waals surface area (Å²) in [5.74, 6) is -0.191. The van der Waals surface area contributed by atoms with Crippen molar-refractivity contribution in [3.63, 3.8) is 0 Å². The molecule has 5 nitrogen and oxygen atoms in total. The Morgan fingerprint density at radius 3 is 2.64 bits per heavy atom. The lowest BCUT2D eigenvalue weighted by atomic mass is 10.0. The van der Waals surface area contributed by atoms with Crippen LogP contribution in [0.25, 0.3) is 11.3 Å². The Bertz CT molecular complexity index is 872. The van der Waals surface area contributed by atoms with Crippen LogP contribution >= 0.6 is 0 Å². The Labute approximate surface area is 146 Å². The minimum atomic E-state index is -0.191. The summed E-state index contributed by atoms with van der Waals surface area (Å²) in [6, 6.07) is 6.75. The largest absolute Gasteiger partial charge is 0.298 e. The summed E-state index contributed by atoms with van der Waals surface area (Å²) >= 11 is 0. The van der Waals surface area contributed by atoms with Crippen molar-refractivity contribution in [1.82, 2.24) is 24.6 Å². The number of aryl methyl sites for hydroxylation is 1. The van der Waals surface area contributed by atoms with Crippen molar-refractivity contribution in [2.24, 2.45) is 7.05 Å². The van der Waals surface area contributed by atoms with Crippen molar-refractivity contribution >= 4 is 0 Å². The van der Waals surface area contributed by atoms with E-state index in [9.17, 15) is 4.39 Å². The smallest absolute Gasteiger partial charge is 0.123 e. The normalized spacial score (nSPS) is 15.0. The van der Waals surface area contributed by atoms with E-state index < -0.39 is 0 Å². The van der Waals surface area contributed by atoms with E-state index >= 15 is 0 Å². The molecule has 6 heteroatoms. The van der Waals surface area contributed by atoms with Gasteiger partial charge in [-0.15, -0.1) is 0 Å². The Morgan fingerprint density at radius 2 is 1.88 bits per heavy atom. The van der Waals surface area contributed by atoms with Crippen molar-refractivity contribution in [1.29, 1.82) is 0 Å². The van der Waals surface area contributed by atoms with Gasteiger partial charge in [0.15, 0.2) is 0 Å². The second-order valence-electron chi connectivity index (χ2n) is 6.45. The molecular formula is C19H20FN5. The Hall–Kier alpha value is -2.60. The molecule has 4 rings (SSSR count). The molecule has 0 atom stereocenters. The number of hydrogen-bond donors (Lipinski definition) is 0. The van der Waals surface area contributed by atoms with Gasteiger partial charge in [-0.25, -0.2) is 14.4 Å². The van der Waals surface area contributed by atoms with Crippen molar-refractivity contribution in [3.8, 4) is 11.3 Å². The van der Waals surface area contributed by atoms with Crippen LogP contribution in [0.1, 0.15) is 16.8 Å². The molecule has 0 saturated heterocycles. The molecule has 0 saturated carbocycles. The number of nitrogens with zero attached hydrogens (tertiary/aromatic N) is 5. The van der Waals surface area contributed by atoms with Crippen LogP contribution in [0.3, 0.4) is 0 Å². The van der Waals surface area contributed by atoms with Gasteiger partial charge in [0.1, 0.15) is 12.1 Å². The monoisotopic (exact) mass is 337 g/mol. The van der Waals surface area contributed by atoms with Crippen molar-refractivity contribution in [2.75, 3.05) is 13.1 Å². The van der Waals surface area contributed by atoms with E-state index in [2.05, 4.69) is 20.0 Å². The maximum Gasteiger partial charge on any atom is 0.123 e. The molecule has 0 aliphatic carbocycles. The third-order valence-electron chi connectivity index (χ3n) is 4.68. The van der Waals surface area contributed by atoms with E-state index in [0.717, 1.165) is 55.0 Å². The molecule has 2 aromatic heterocycles. The standard InChI is InChI=1S/C19H20FN5/c1-24-12-15(10-23-24)19-17-6-8-25(9-7-18(17)21-13-22-19)11-14-2-4-16(20)5-3-14/h2-5,10,12-13H,6-9,11H2,1H3. The summed E-state index contributed by atoms with van der Waals surface area (Å²) in [7, 11) is 1.91. The Balaban J connectivity index is 1.54. The molecule has 3 heterocycles. The number of aromatic nitrogens is 4. The quantitative estimate of drug-likeness (QED) is 0.737. The minimum absolute atomic E-state index is 0.191. The number of fused-ring (bicyclic) bond motifs is 1. The molecule has 1 aliphatic rings. The fourth-order valence-electron chi connectivity index (χ4n) is 3.37. The molecule has 1 aliphatic heterocycles. The van der Waals surface area contributed by atoms with Crippen molar-refractivity contribution in [2.45, 2.75) is 19.4 Å². The van der Waals surface area contributed by atoms with Gasteiger partial charge in [0.05, 0.1) is 11.9 Å². The summed E-state index contributed by atoms with van der Waals surface area (Å²) in [5, 5.41) is 4.26. The predicted molar refractivity (Wildman–Crippen MR) is 93.3 cm³/mol. The molecule has 0 radical (unpaired) electrons. The highest BCUT2D eigenvalue weighted by molar-refractivity contribution is 5.62. The SMILES string of the molecule is Cn1cc(-c2ncnc3c2CCN(Cc2ccc(F)cc2)CC3)cn1. The fourth-order valence-corrected chi connectivity index (χ4v) is 3.37. The second kappa shape index (κ2) is 6.72. The molecule has 0 fully saturated rings. The second-order valence-corrected chi connectivity index (χ2v) is 6.45. The molecular weight excluding hydrogens is 317 g/mol. The van der Waals surface area contributed by atoms with Crippen LogP contribution in [0.15, 0.2) is 43.0 Å². The van der Waals surface area contributed by atoms with Gasteiger partial charge in [0.25, 0.3) is 0 Å². The third-order valence-corrected chi connectivity index (χ3v) is 4.68. The van der Waals surface area contributed by atoms with Gasteiger partial charge >= 0.3 is 0 Å². The first kappa shape index (κ1) is 15.9. The van der Waals surface area contributed by atoms with Crippen LogP contribution in [0, 0.1) is 5.82 Å². The van der Waals surface area contributed by atoms with E-state index in [0.29, 0.717) is 0 Å². The summed E-state index contributed by atoms with van der Waals surface area (Å²) in [6.45, 7) is 2.70. The number of halogens is 1.